The average Bonchev–Trinajstić information content (AvgIpc) is 3.06. The van der Waals surface area contributed by atoms with Gasteiger partial charge in [-0.15, -0.1) is 0 Å². The molecule has 2 amide bonds. The molecule has 27 heavy (non-hydrogen) atoms. The number of pyridine rings is 1. The highest BCUT2D eigenvalue weighted by atomic mass is 35.5. The van der Waals surface area contributed by atoms with Gasteiger partial charge in [0, 0.05) is 35.9 Å². The zero-order chi connectivity index (χ0) is 19.7. The third-order valence-electron chi connectivity index (χ3n) is 4.99. The number of halogens is 1. The minimum absolute atomic E-state index is 0.106. The van der Waals surface area contributed by atoms with Crippen molar-refractivity contribution in [3.8, 4) is 6.07 Å². The highest BCUT2D eigenvalue weighted by molar-refractivity contribution is 6.32. The van der Waals surface area contributed by atoms with Gasteiger partial charge in [0.15, 0.2) is 0 Å². The quantitative estimate of drug-likeness (QED) is 0.795. The molecule has 0 radical (unpaired) electrons. The van der Waals surface area contributed by atoms with Gasteiger partial charge in [-0.2, -0.15) is 5.26 Å². The van der Waals surface area contributed by atoms with Crippen LogP contribution in [0.5, 0.6) is 0 Å². The van der Waals surface area contributed by atoms with Gasteiger partial charge in [0.1, 0.15) is 11.7 Å². The van der Waals surface area contributed by atoms with Crippen molar-refractivity contribution in [1.82, 2.24) is 20.2 Å². The normalized spacial score (nSPS) is 15.7. The van der Waals surface area contributed by atoms with E-state index in [-0.39, 0.29) is 36.7 Å². The average molecular weight is 388 g/mol. The second-order valence-electron chi connectivity index (χ2n) is 7.11. The number of hydrogen-bond acceptors (Lipinski definition) is 4. The van der Waals surface area contributed by atoms with Crippen LogP contribution in [0.4, 0.5) is 0 Å². The summed E-state index contributed by atoms with van der Waals surface area (Å²) in [5, 5.41) is 13.0. The first-order valence-electron chi connectivity index (χ1n) is 9.01. The molecule has 0 spiro atoms. The SMILES string of the molecule is CC[C@@H](CC#N)NC(=O)[C@@H](C(C)C)N1Cc2c(Cl)cnc3[nH]cc(c23)C1=O. The third-order valence-corrected chi connectivity index (χ3v) is 5.31. The van der Waals surface area contributed by atoms with Gasteiger partial charge in [-0.05, 0) is 12.3 Å². The van der Waals surface area contributed by atoms with Crippen LogP contribution in [0.2, 0.25) is 5.02 Å². The minimum Gasteiger partial charge on any atom is -0.351 e. The molecule has 1 aliphatic heterocycles. The maximum absolute atomic E-state index is 13.1. The zero-order valence-corrected chi connectivity index (χ0v) is 16.3. The maximum atomic E-state index is 13.1. The van der Waals surface area contributed by atoms with Crippen molar-refractivity contribution in [1.29, 1.82) is 5.26 Å². The van der Waals surface area contributed by atoms with Crippen molar-refractivity contribution in [3.05, 3.63) is 28.5 Å². The van der Waals surface area contributed by atoms with Crippen molar-refractivity contribution in [2.75, 3.05) is 0 Å². The Hall–Kier alpha value is -2.59. The van der Waals surface area contributed by atoms with Crippen molar-refractivity contribution >= 4 is 34.4 Å². The maximum Gasteiger partial charge on any atom is 0.257 e. The molecule has 0 saturated carbocycles. The molecular weight excluding hydrogens is 366 g/mol. The van der Waals surface area contributed by atoms with E-state index in [1.807, 2.05) is 20.8 Å². The fourth-order valence-corrected chi connectivity index (χ4v) is 3.78. The standard InChI is InChI=1S/C19H22ClN5O2/c1-4-11(5-6-21)24-18(26)16(10(2)3)25-9-13-14(20)8-23-17-15(13)12(7-22-17)19(25)27/h7-8,10-11,16H,4-5,9H2,1-3H3,(H,22,23)(H,24,26)/t11-,16+/m0/s1. The monoisotopic (exact) mass is 387 g/mol. The summed E-state index contributed by atoms with van der Waals surface area (Å²) in [7, 11) is 0. The number of aromatic nitrogens is 2. The molecule has 0 fully saturated rings. The van der Waals surface area contributed by atoms with Gasteiger partial charge >= 0.3 is 0 Å². The number of aromatic amines is 1. The summed E-state index contributed by atoms with van der Waals surface area (Å²) >= 11 is 6.34. The van der Waals surface area contributed by atoms with E-state index in [1.165, 1.54) is 0 Å². The Balaban J connectivity index is 1.95. The van der Waals surface area contributed by atoms with E-state index in [0.29, 0.717) is 22.7 Å². The summed E-state index contributed by atoms with van der Waals surface area (Å²) < 4.78 is 0. The highest BCUT2D eigenvalue weighted by Crippen LogP contribution is 2.35. The van der Waals surface area contributed by atoms with E-state index in [2.05, 4.69) is 21.4 Å². The van der Waals surface area contributed by atoms with Crippen LogP contribution < -0.4 is 5.32 Å². The number of H-pyrrole nitrogens is 1. The molecule has 8 heteroatoms. The largest absolute Gasteiger partial charge is 0.351 e. The van der Waals surface area contributed by atoms with Crippen molar-refractivity contribution in [2.45, 2.75) is 52.2 Å². The number of nitriles is 1. The summed E-state index contributed by atoms with van der Waals surface area (Å²) in [4.78, 5) is 34.9. The van der Waals surface area contributed by atoms with E-state index in [1.54, 1.807) is 17.3 Å². The molecule has 3 heterocycles. The molecule has 2 N–H and O–H groups in total. The van der Waals surface area contributed by atoms with E-state index in [9.17, 15) is 9.59 Å². The fourth-order valence-electron chi connectivity index (χ4n) is 3.58. The summed E-state index contributed by atoms with van der Waals surface area (Å²) in [5.41, 5.74) is 1.88. The van der Waals surface area contributed by atoms with Gasteiger partial charge in [-0.25, -0.2) is 4.98 Å². The number of carbonyl (C=O) groups excluding carboxylic acids is 2. The molecule has 2 aromatic heterocycles. The summed E-state index contributed by atoms with van der Waals surface area (Å²) in [6.45, 7) is 5.96. The fraction of sp³-hybridized carbons (Fsp3) is 0.474. The van der Waals surface area contributed by atoms with Crippen LogP contribution in [-0.4, -0.2) is 38.8 Å². The summed E-state index contributed by atoms with van der Waals surface area (Å²) in [5.74, 6) is -0.578. The summed E-state index contributed by atoms with van der Waals surface area (Å²) in [6, 6.07) is 1.19. The molecule has 3 rings (SSSR count). The lowest BCUT2D eigenvalue weighted by molar-refractivity contribution is -0.128. The third kappa shape index (κ3) is 3.37. The minimum atomic E-state index is -0.660. The van der Waals surface area contributed by atoms with E-state index >= 15 is 0 Å². The Morgan fingerprint density at radius 2 is 2.26 bits per heavy atom. The number of amides is 2. The van der Waals surface area contributed by atoms with Crippen LogP contribution in [0.15, 0.2) is 12.4 Å². The first-order chi connectivity index (χ1) is 12.9. The van der Waals surface area contributed by atoms with Gasteiger partial charge in [0.05, 0.1) is 23.1 Å². The zero-order valence-electron chi connectivity index (χ0n) is 15.5. The molecule has 7 nitrogen and oxygen atoms in total. The molecule has 0 aliphatic carbocycles. The van der Waals surface area contributed by atoms with E-state index in [0.717, 1.165) is 10.9 Å². The second-order valence-corrected chi connectivity index (χ2v) is 7.52. The van der Waals surface area contributed by atoms with Crippen LogP contribution in [-0.2, 0) is 11.3 Å². The molecule has 0 bridgehead atoms. The Morgan fingerprint density at radius 1 is 1.52 bits per heavy atom. The predicted octanol–water partition coefficient (Wildman–Crippen LogP) is 3.01. The lowest BCUT2D eigenvalue weighted by Gasteiger charge is -2.36. The highest BCUT2D eigenvalue weighted by Gasteiger charge is 2.38. The lowest BCUT2D eigenvalue weighted by atomic mass is 9.95. The van der Waals surface area contributed by atoms with Crippen LogP contribution in [0.25, 0.3) is 11.0 Å². The van der Waals surface area contributed by atoms with Crippen LogP contribution >= 0.6 is 11.6 Å². The van der Waals surface area contributed by atoms with Crippen molar-refractivity contribution in [3.63, 3.8) is 0 Å². The number of rotatable bonds is 6. The van der Waals surface area contributed by atoms with Gasteiger partial charge in [-0.3, -0.25) is 9.59 Å². The van der Waals surface area contributed by atoms with Crippen LogP contribution in [0.3, 0.4) is 0 Å². The lowest BCUT2D eigenvalue weighted by Crippen LogP contribution is -2.54. The molecule has 0 unspecified atom stereocenters. The van der Waals surface area contributed by atoms with E-state index in [4.69, 9.17) is 16.9 Å². The Bertz CT molecular complexity index is 930. The Morgan fingerprint density at radius 3 is 2.89 bits per heavy atom. The molecule has 0 saturated heterocycles. The topological polar surface area (TPSA) is 102 Å². The molecule has 2 atom stereocenters. The van der Waals surface area contributed by atoms with Crippen LogP contribution in [0, 0.1) is 17.2 Å². The summed E-state index contributed by atoms with van der Waals surface area (Å²) in [6.07, 6.45) is 4.06. The van der Waals surface area contributed by atoms with Crippen molar-refractivity contribution < 1.29 is 9.59 Å². The number of hydrogen-bond donors (Lipinski definition) is 2. The van der Waals surface area contributed by atoms with Crippen molar-refractivity contribution in [2.24, 2.45) is 5.92 Å². The van der Waals surface area contributed by atoms with Gasteiger partial charge in [-0.1, -0.05) is 32.4 Å². The molecule has 142 valence electrons. The number of nitrogens with zero attached hydrogens (tertiary/aromatic N) is 3. The van der Waals surface area contributed by atoms with Gasteiger partial charge < -0.3 is 15.2 Å². The first kappa shape index (κ1) is 19.2. The van der Waals surface area contributed by atoms with E-state index < -0.39 is 6.04 Å². The Labute approximate surface area is 162 Å². The van der Waals surface area contributed by atoms with Gasteiger partial charge in [0.25, 0.3) is 5.91 Å². The first-order valence-corrected chi connectivity index (χ1v) is 9.39. The van der Waals surface area contributed by atoms with Gasteiger partial charge in [0.2, 0.25) is 5.91 Å². The second kappa shape index (κ2) is 7.57. The predicted molar refractivity (Wildman–Crippen MR) is 102 cm³/mol. The smallest absolute Gasteiger partial charge is 0.257 e. The van der Waals surface area contributed by atoms with Crippen LogP contribution in [0.1, 0.15) is 49.5 Å². The number of carbonyl (C=O) groups is 2. The molecule has 0 aromatic carbocycles. The number of nitrogens with one attached hydrogen (secondary N) is 2. The Kier molecular flexibility index (Phi) is 5.38. The molecule has 1 aliphatic rings. The molecule has 2 aromatic rings. The molecular formula is C19H22ClN5O2.